The highest BCUT2D eigenvalue weighted by Gasteiger charge is 2.12. The van der Waals surface area contributed by atoms with E-state index in [0.717, 1.165) is 29.0 Å². The molecule has 1 aliphatic rings. The number of benzene rings is 2. The molecule has 4 rings (SSSR count). The molecule has 0 saturated carbocycles. The highest BCUT2D eigenvalue weighted by atomic mass is 32.1. The summed E-state index contributed by atoms with van der Waals surface area (Å²) >= 11 is 1.47. The highest BCUT2D eigenvalue weighted by Crippen LogP contribution is 2.26. The summed E-state index contributed by atoms with van der Waals surface area (Å²) in [6.07, 6.45) is 4.42. The Hall–Kier alpha value is -2.59. The van der Waals surface area contributed by atoms with Gasteiger partial charge >= 0.3 is 0 Å². The van der Waals surface area contributed by atoms with Gasteiger partial charge in [0, 0.05) is 12.1 Å². The van der Waals surface area contributed by atoms with Gasteiger partial charge in [-0.15, -0.1) is 11.3 Å². The molecule has 1 heterocycles. The van der Waals surface area contributed by atoms with Gasteiger partial charge in [-0.25, -0.2) is 0 Å². The van der Waals surface area contributed by atoms with Crippen LogP contribution in [-0.2, 0) is 25.9 Å². The van der Waals surface area contributed by atoms with Crippen molar-refractivity contribution in [2.75, 3.05) is 6.54 Å². The van der Waals surface area contributed by atoms with E-state index < -0.39 is 0 Å². The first-order chi connectivity index (χ1) is 13.3. The van der Waals surface area contributed by atoms with Crippen molar-refractivity contribution in [3.63, 3.8) is 0 Å². The number of hydrogen-bond donors (Lipinski definition) is 1. The van der Waals surface area contributed by atoms with E-state index in [1.165, 1.54) is 40.9 Å². The summed E-state index contributed by atoms with van der Waals surface area (Å²) in [6.45, 7) is 1.13. The Bertz CT molecular complexity index is 917. The number of fused-ring (bicyclic) bond motifs is 1. The van der Waals surface area contributed by atoms with Crippen LogP contribution in [0, 0.1) is 0 Å². The molecule has 3 aromatic rings. The van der Waals surface area contributed by atoms with E-state index in [0.29, 0.717) is 13.2 Å². The second kappa shape index (κ2) is 8.40. The summed E-state index contributed by atoms with van der Waals surface area (Å²) < 4.78 is 5.92. The lowest BCUT2D eigenvalue weighted by molar-refractivity contribution is 0.0958. The largest absolute Gasteiger partial charge is 0.489 e. The molecule has 0 spiro atoms. The van der Waals surface area contributed by atoms with E-state index in [9.17, 15) is 4.79 Å². The van der Waals surface area contributed by atoms with Gasteiger partial charge in [0.15, 0.2) is 0 Å². The fourth-order valence-electron chi connectivity index (χ4n) is 3.43. The first-order valence-electron chi connectivity index (χ1n) is 9.42. The van der Waals surface area contributed by atoms with Gasteiger partial charge in [-0.05, 0) is 66.0 Å². The van der Waals surface area contributed by atoms with Crippen molar-refractivity contribution in [3.05, 3.63) is 87.1 Å². The summed E-state index contributed by atoms with van der Waals surface area (Å²) in [5.74, 6) is 0.899. The maximum absolute atomic E-state index is 12.3. The van der Waals surface area contributed by atoms with Crippen LogP contribution in [0.4, 0.5) is 0 Å². The molecule has 0 fully saturated rings. The van der Waals surface area contributed by atoms with Gasteiger partial charge in [-0.3, -0.25) is 4.79 Å². The SMILES string of the molecule is O=C(NCCc1ccccc1)c1cc(COc2ccc3c(c2)CCC3)cs1. The van der Waals surface area contributed by atoms with Crippen LogP contribution in [0.3, 0.4) is 0 Å². The standard InChI is InChI=1S/C23H23NO2S/c25-23(24-12-11-17-5-2-1-3-6-17)22-13-18(16-27-22)15-26-21-10-9-19-7-4-8-20(19)14-21/h1-3,5-6,9-10,13-14,16H,4,7-8,11-12,15H2,(H,24,25). The van der Waals surface area contributed by atoms with E-state index >= 15 is 0 Å². The summed E-state index contributed by atoms with van der Waals surface area (Å²) in [5, 5.41) is 4.99. The number of amides is 1. The van der Waals surface area contributed by atoms with E-state index in [-0.39, 0.29) is 5.91 Å². The van der Waals surface area contributed by atoms with Crippen molar-refractivity contribution in [1.82, 2.24) is 5.32 Å². The van der Waals surface area contributed by atoms with Gasteiger partial charge in [0.05, 0.1) is 4.88 Å². The van der Waals surface area contributed by atoms with Crippen LogP contribution in [0.5, 0.6) is 5.75 Å². The Morgan fingerprint density at radius 1 is 1.00 bits per heavy atom. The first-order valence-corrected chi connectivity index (χ1v) is 10.3. The van der Waals surface area contributed by atoms with Crippen LogP contribution in [0.25, 0.3) is 0 Å². The second-order valence-corrected chi connectivity index (χ2v) is 7.79. The quantitative estimate of drug-likeness (QED) is 0.643. The molecule has 0 radical (unpaired) electrons. The Morgan fingerprint density at radius 2 is 1.85 bits per heavy atom. The molecule has 2 aromatic carbocycles. The Kier molecular flexibility index (Phi) is 5.54. The molecule has 0 saturated heterocycles. The monoisotopic (exact) mass is 377 g/mol. The van der Waals surface area contributed by atoms with Gasteiger partial charge in [0.25, 0.3) is 5.91 Å². The fourth-order valence-corrected chi connectivity index (χ4v) is 4.24. The number of thiophene rings is 1. The number of nitrogens with one attached hydrogen (secondary N) is 1. The Labute approximate surface area is 164 Å². The highest BCUT2D eigenvalue weighted by molar-refractivity contribution is 7.12. The maximum Gasteiger partial charge on any atom is 0.261 e. The van der Waals surface area contributed by atoms with Gasteiger partial charge in [-0.2, -0.15) is 0 Å². The topological polar surface area (TPSA) is 38.3 Å². The first kappa shape index (κ1) is 17.8. The number of rotatable bonds is 7. The third-order valence-corrected chi connectivity index (χ3v) is 5.87. The molecule has 1 amide bonds. The number of carbonyl (C=O) groups excluding carboxylic acids is 1. The van der Waals surface area contributed by atoms with E-state index in [1.807, 2.05) is 35.7 Å². The average molecular weight is 378 g/mol. The minimum atomic E-state index is -0.0142. The lowest BCUT2D eigenvalue weighted by Crippen LogP contribution is -2.24. The zero-order chi connectivity index (χ0) is 18.5. The number of ether oxygens (including phenoxy) is 1. The van der Waals surface area contributed by atoms with Crippen LogP contribution >= 0.6 is 11.3 Å². The molecule has 0 atom stereocenters. The van der Waals surface area contributed by atoms with Crippen LogP contribution in [-0.4, -0.2) is 12.5 Å². The van der Waals surface area contributed by atoms with Crippen LogP contribution < -0.4 is 10.1 Å². The van der Waals surface area contributed by atoms with E-state index in [1.54, 1.807) is 0 Å². The molecule has 3 nitrogen and oxygen atoms in total. The summed E-state index contributed by atoms with van der Waals surface area (Å²) in [4.78, 5) is 13.0. The fraction of sp³-hybridized carbons (Fsp3) is 0.261. The van der Waals surface area contributed by atoms with Gasteiger partial charge in [0.2, 0.25) is 0 Å². The Balaban J connectivity index is 1.27. The van der Waals surface area contributed by atoms with Gasteiger partial charge in [0.1, 0.15) is 12.4 Å². The van der Waals surface area contributed by atoms with Crippen molar-refractivity contribution < 1.29 is 9.53 Å². The number of aryl methyl sites for hydroxylation is 2. The van der Waals surface area contributed by atoms with Gasteiger partial charge < -0.3 is 10.1 Å². The molecule has 1 N–H and O–H groups in total. The molecular weight excluding hydrogens is 354 g/mol. The van der Waals surface area contributed by atoms with Crippen molar-refractivity contribution in [2.24, 2.45) is 0 Å². The summed E-state index contributed by atoms with van der Waals surface area (Å²) in [5.41, 5.74) is 5.13. The lowest BCUT2D eigenvalue weighted by Gasteiger charge is -2.07. The molecular formula is C23H23NO2S. The van der Waals surface area contributed by atoms with E-state index in [2.05, 4.69) is 29.6 Å². The number of hydrogen-bond acceptors (Lipinski definition) is 3. The summed E-state index contributed by atoms with van der Waals surface area (Å²) in [7, 11) is 0. The van der Waals surface area contributed by atoms with Crippen molar-refractivity contribution in [1.29, 1.82) is 0 Å². The minimum absolute atomic E-state index is 0.0142. The summed E-state index contributed by atoms with van der Waals surface area (Å²) in [6, 6.07) is 18.5. The van der Waals surface area contributed by atoms with Crippen molar-refractivity contribution >= 4 is 17.2 Å². The Morgan fingerprint density at radius 3 is 2.74 bits per heavy atom. The minimum Gasteiger partial charge on any atom is -0.489 e. The lowest BCUT2D eigenvalue weighted by atomic mass is 10.1. The smallest absolute Gasteiger partial charge is 0.261 e. The number of carbonyl (C=O) groups is 1. The third-order valence-electron chi connectivity index (χ3n) is 4.90. The van der Waals surface area contributed by atoms with Crippen LogP contribution in [0.2, 0.25) is 0 Å². The average Bonchev–Trinajstić information content (AvgIpc) is 3.36. The third kappa shape index (κ3) is 4.58. The van der Waals surface area contributed by atoms with Crippen LogP contribution in [0.15, 0.2) is 60.0 Å². The predicted molar refractivity (Wildman–Crippen MR) is 110 cm³/mol. The molecule has 4 heteroatoms. The second-order valence-electron chi connectivity index (χ2n) is 6.88. The molecule has 0 bridgehead atoms. The van der Waals surface area contributed by atoms with E-state index in [4.69, 9.17) is 4.74 Å². The van der Waals surface area contributed by atoms with Crippen LogP contribution in [0.1, 0.15) is 38.3 Å². The van der Waals surface area contributed by atoms with Crippen molar-refractivity contribution in [2.45, 2.75) is 32.3 Å². The molecule has 0 aliphatic heterocycles. The van der Waals surface area contributed by atoms with Crippen molar-refractivity contribution in [3.8, 4) is 5.75 Å². The maximum atomic E-state index is 12.3. The molecule has 1 aliphatic carbocycles. The molecule has 138 valence electrons. The molecule has 27 heavy (non-hydrogen) atoms. The zero-order valence-electron chi connectivity index (χ0n) is 15.2. The predicted octanol–water partition coefficient (Wildman–Crippen LogP) is 4.79. The normalized spacial score (nSPS) is 12.6. The molecule has 0 unspecified atom stereocenters. The van der Waals surface area contributed by atoms with Gasteiger partial charge in [-0.1, -0.05) is 36.4 Å². The molecule has 1 aromatic heterocycles. The zero-order valence-corrected chi connectivity index (χ0v) is 16.1.